The minimum atomic E-state index is -2.57. The third-order valence-electron chi connectivity index (χ3n) is 3.82. The van der Waals surface area contributed by atoms with E-state index in [-0.39, 0.29) is 0 Å². The molecule has 29 heavy (non-hydrogen) atoms. The SMILES string of the molecule is C[SiH]1O[SiH](C)O[SiH](C)O1.O1C2O[SiH]3O[SiH]4O[SiH]1O[SiH]1O[SiH](O2)O[SiH](O3)O[SiH](O4)O1. The average molecular weight is 589 g/mol. The number of hydrogen-bond acceptors (Lipinski definition) is 15. The van der Waals surface area contributed by atoms with Gasteiger partial charge in [-0.15, -0.1) is 0 Å². The Balaban J connectivity index is 0.000000171. The van der Waals surface area contributed by atoms with E-state index in [1.54, 1.807) is 0 Å². The predicted octanol–water partition coefficient (Wildman–Crippen LogP) is -5.84. The first kappa shape index (κ1) is 22.4. The molecule has 0 saturated carbocycles. The normalized spacial score (nSPS) is 53.7. The maximum Gasteiger partial charge on any atom is 0.472 e. The molecule has 7 aliphatic rings. The Morgan fingerprint density at radius 1 is 0.345 bits per heavy atom. The Labute approximate surface area is 183 Å². The van der Waals surface area contributed by atoms with Gasteiger partial charge in [0.15, 0.2) is 0 Å². The Hall–Kier alpha value is 1.57. The fraction of sp³-hybridized carbons (Fsp3) is 1.00. The Kier molecular flexibility index (Phi) is 7.57. The highest BCUT2D eigenvalue weighted by atomic mass is 28.5. The molecule has 0 aromatic heterocycles. The van der Waals surface area contributed by atoms with Crippen molar-refractivity contribution in [2.24, 2.45) is 0 Å². The van der Waals surface area contributed by atoms with Gasteiger partial charge in [0.05, 0.1) is 0 Å². The fourth-order valence-corrected chi connectivity index (χ4v) is 33.6. The van der Waals surface area contributed by atoms with Crippen molar-refractivity contribution in [1.29, 1.82) is 0 Å². The minimum Gasteiger partial charge on any atom is -0.420 e. The van der Waals surface area contributed by atoms with Crippen LogP contribution in [-0.2, 0) is 62.7 Å². The smallest absolute Gasteiger partial charge is 0.420 e. The summed E-state index contributed by atoms with van der Waals surface area (Å²) in [5.74, 6) is 0. The van der Waals surface area contributed by atoms with Crippen molar-refractivity contribution in [2.45, 2.75) is 26.1 Å². The van der Waals surface area contributed by atoms with E-state index < -0.39 is 101 Å². The highest BCUT2D eigenvalue weighted by Crippen LogP contribution is 2.26. The van der Waals surface area contributed by atoms with Gasteiger partial charge < -0.3 is 62.7 Å². The van der Waals surface area contributed by atoms with Crippen molar-refractivity contribution >= 4 is 94.5 Å². The maximum absolute atomic E-state index is 5.68. The van der Waals surface area contributed by atoms with Gasteiger partial charge in [0.25, 0.3) is 34.3 Å². The van der Waals surface area contributed by atoms with E-state index in [1.165, 1.54) is 0 Å². The Morgan fingerprint density at radius 3 is 0.862 bits per heavy atom. The van der Waals surface area contributed by atoms with Crippen molar-refractivity contribution in [3.8, 4) is 0 Å². The number of hydrogen-bond donors (Lipinski definition) is 0. The van der Waals surface area contributed by atoms with Crippen LogP contribution < -0.4 is 0 Å². The molecule has 7 rings (SSSR count). The van der Waals surface area contributed by atoms with Crippen LogP contribution in [0, 0.1) is 0 Å². The van der Waals surface area contributed by atoms with Gasteiger partial charge in [0, 0.05) is 0 Å². The van der Waals surface area contributed by atoms with E-state index in [0.717, 1.165) is 0 Å². The van der Waals surface area contributed by atoms with Crippen molar-refractivity contribution in [2.75, 3.05) is 0 Å². The summed E-state index contributed by atoms with van der Waals surface area (Å²) in [5.41, 5.74) is 0. The van der Waals surface area contributed by atoms with Gasteiger partial charge in [-0.1, -0.05) is 0 Å². The first-order chi connectivity index (χ1) is 14.0. The van der Waals surface area contributed by atoms with E-state index in [2.05, 4.69) is 19.6 Å². The Morgan fingerprint density at radius 2 is 0.586 bits per heavy atom. The van der Waals surface area contributed by atoms with Crippen LogP contribution in [0.25, 0.3) is 0 Å². The molecule has 0 aliphatic carbocycles. The van der Waals surface area contributed by atoms with Crippen molar-refractivity contribution in [3.63, 3.8) is 0 Å². The highest BCUT2D eigenvalue weighted by Gasteiger charge is 2.54. The summed E-state index contributed by atoms with van der Waals surface area (Å²) in [7, 11) is -21.5. The molecule has 0 spiro atoms. The molecule has 7 fully saturated rings. The van der Waals surface area contributed by atoms with Crippen molar-refractivity contribution in [3.05, 3.63) is 0 Å². The van der Waals surface area contributed by atoms with Gasteiger partial charge in [0.1, 0.15) is 0 Å². The lowest BCUT2D eigenvalue weighted by Crippen LogP contribution is -2.67. The fourth-order valence-electron chi connectivity index (χ4n) is 2.76. The second-order valence-electron chi connectivity index (χ2n) is 6.05. The molecule has 0 aromatic carbocycles. The summed E-state index contributed by atoms with van der Waals surface area (Å²) in [6.07, 6.45) is 0. The van der Waals surface area contributed by atoms with Crippen LogP contribution in [0.5, 0.6) is 0 Å². The van der Waals surface area contributed by atoms with Gasteiger partial charge in [0.2, 0.25) is 0 Å². The second-order valence-corrected chi connectivity index (χ2v) is 27.4. The van der Waals surface area contributed by atoms with Gasteiger partial charge >= 0.3 is 66.7 Å². The Bertz CT molecular complexity index is 399. The molecule has 7 saturated heterocycles. The van der Waals surface area contributed by atoms with Crippen LogP contribution >= 0.6 is 0 Å². The van der Waals surface area contributed by atoms with Gasteiger partial charge in [-0.2, -0.15) is 0 Å². The van der Waals surface area contributed by atoms with Crippen LogP contribution in [0.15, 0.2) is 0 Å². The molecular formula is C4H20O15Si10. The highest BCUT2D eigenvalue weighted by molar-refractivity contribution is 6.77. The molecule has 15 nitrogen and oxygen atoms in total. The lowest BCUT2D eigenvalue weighted by atomic mass is 11.4. The quantitative estimate of drug-likeness (QED) is 0.248. The molecule has 0 atom stereocenters. The van der Waals surface area contributed by atoms with Gasteiger partial charge in [-0.3, -0.25) is 0 Å². The van der Waals surface area contributed by atoms with Crippen LogP contribution in [0.3, 0.4) is 0 Å². The maximum atomic E-state index is 5.68. The lowest BCUT2D eigenvalue weighted by Gasteiger charge is -2.44. The van der Waals surface area contributed by atoms with E-state index >= 15 is 0 Å². The molecule has 0 radical (unpaired) electrons. The summed E-state index contributed by atoms with van der Waals surface area (Å²) in [5, 5.41) is 0. The molecule has 166 valence electrons. The molecule has 0 unspecified atom stereocenters. The van der Waals surface area contributed by atoms with Crippen LogP contribution in [0.1, 0.15) is 0 Å². The molecule has 8 bridgehead atoms. The van der Waals surface area contributed by atoms with Crippen LogP contribution in [-0.4, -0.2) is 101 Å². The van der Waals surface area contributed by atoms with E-state index in [0.29, 0.717) is 0 Å². The average Bonchev–Trinajstić information content (AvgIpc) is 2.47. The summed E-state index contributed by atoms with van der Waals surface area (Å²) in [6, 6.07) is 0. The summed E-state index contributed by atoms with van der Waals surface area (Å²) < 4.78 is 83.9. The largest absolute Gasteiger partial charge is 0.472 e. The summed E-state index contributed by atoms with van der Waals surface area (Å²) in [6.45, 7) is 5.17. The second kappa shape index (κ2) is 9.82. The van der Waals surface area contributed by atoms with Gasteiger partial charge in [-0.05, 0) is 19.6 Å². The van der Waals surface area contributed by atoms with Crippen molar-refractivity contribution < 1.29 is 62.7 Å². The third kappa shape index (κ3) is 5.93. The zero-order valence-electron chi connectivity index (χ0n) is 15.5. The van der Waals surface area contributed by atoms with E-state index in [4.69, 9.17) is 62.7 Å². The first-order valence-corrected chi connectivity index (χ1v) is 25.0. The monoisotopic (exact) mass is 588 g/mol. The lowest BCUT2D eigenvalue weighted by molar-refractivity contribution is -0.206. The van der Waals surface area contributed by atoms with Crippen molar-refractivity contribution in [1.82, 2.24) is 0 Å². The van der Waals surface area contributed by atoms with Crippen LogP contribution in [0.2, 0.25) is 19.6 Å². The van der Waals surface area contributed by atoms with E-state index in [1.807, 2.05) is 0 Å². The topological polar surface area (TPSA) is 138 Å². The van der Waals surface area contributed by atoms with Crippen LogP contribution in [0.4, 0.5) is 0 Å². The molecule has 7 heterocycles. The minimum absolute atomic E-state index is 1.02. The van der Waals surface area contributed by atoms with E-state index in [9.17, 15) is 0 Å². The molecular weight excluding hydrogens is 569 g/mol. The third-order valence-corrected chi connectivity index (χ3v) is 30.3. The zero-order valence-corrected chi connectivity index (χ0v) is 27.0. The molecule has 0 N–H and O–H groups in total. The molecule has 0 aromatic rings. The standard InChI is InChI=1S/C3H12O3Si3.CH8O12Si7/c1-7-4-8(2)6-9(3)5-7;2-1-3-15-7-17-5-14(2)6-18-8-16(4-1)10-19(9-15)13-20(11-17)12-18/h7-9H,1-3H3;1,14-20H. The molecule has 25 heteroatoms. The zero-order chi connectivity index (χ0) is 20.0. The molecule has 0 amide bonds. The number of rotatable bonds is 0. The summed E-state index contributed by atoms with van der Waals surface area (Å²) in [4.78, 5) is 0. The first-order valence-electron chi connectivity index (χ1n) is 8.80. The molecule has 7 aliphatic heterocycles. The predicted molar refractivity (Wildman–Crippen MR) is 109 cm³/mol. The van der Waals surface area contributed by atoms with Gasteiger partial charge in [-0.25, -0.2) is 0 Å². The summed E-state index contributed by atoms with van der Waals surface area (Å²) >= 11 is 0.